The van der Waals surface area contributed by atoms with Gasteiger partial charge in [-0.15, -0.1) is 0 Å². The molecule has 2 heterocycles. The Hall–Kier alpha value is -4.85. The summed E-state index contributed by atoms with van der Waals surface area (Å²) in [5.74, 6) is -0.592. The van der Waals surface area contributed by atoms with Crippen LogP contribution in [0.2, 0.25) is 0 Å². The van der Waals surface area contributed by atoms with E-state index in [1.165, 1.54) is 0 Å². The minimum Gasteiger partial charge on any atom is -0.462 e. The molecule has 1 N–H and O–H groups in total. The van der Waals surface area contributed by atoms with E-state index in [4.69, 9.17) is 4.74 Å². The molecule has 0 radical (unpaired) electrons. The van der Waals surface area contributed by atoms with Crippen molar-refractivity contribution >= 4 is 29.3 Å². The Morgan fingerprint density at radius 3 is 2.29 bits per heavy atom. The number of carbonyl (C=O) groups excluding carboxylic acids is 3. The minimum atomic E-state index is -0.415. The Balaban J connectivity index is 1.43. The van der Waals surface area contributed by atoms with Gasteiger partial charge in [-0.1, -0.05) is 55.3 Å². The van der Waals surface area contributed by atoms with Crippen LogP contribution in [0.3, 0.4) is 0 Å². The first-order valence-electron chi connectivity index (χ1n) is 14.4. The van der Waals surface area contributed by atoms with Crippen molar-refractivity contribution in [2.75, 3.05) is 29.9 Å². The molecular weight excluding hydrogens is 528 g/mol. The fourth-order valence-electron chi connectivity index (χ4n) is 5.27. The summed E-state index contributed by atoms with van der Waals surface area (Å²) in [5.41, 5.74) is 5.76. The predicted octanol–water partition coefficient (Wildman–Crippen LogP) is 6.73. The number of esters is 1. The first-order valence-corrected chi connectivity index (χ1v) is 14.4. The maximum absolute atomic E-state index is 14.3. The molecule has 4 aromatic rings. The van der Waals surface area contributed by atoms with Gasteiger partial charge in [0.15, 0.2) is 0 Å². The largest absolute Gasteiger partial charge is 0.462 e. The van der Waals surface area contributed by atoms with Crippen LogP contribution in [0.5, 0.6) is 0 Å². The number of hydrogen-bond donors (Lipinski definition) is 1. The molecule has 5 rings (SSSR count). The number of rotatable bonds is 9. The first-order chi connectivity index (χ1) is 20.4. The fourth-order valence-corrected chi connectivity index (χ4v) is 5.27. The fraction of sp³-hybridized carbons (Fsp3) is 0.265. The number of benzene rings is 3. The number of carbonyl (C=O) groups is 3. The zero-order chi connectivity index (χ0) is 29.6. The van der Waals surface area contributed by atoms with Crippen LogP contribution in [0.15, 0.2) is 91.1 Å². The summed E-state index contributed by atoms with van der Waals surface area (Å²) in [6.07, 6.45) is 3.65. The number of unbranched alkanes of at least 4 members (excludes halogenated alkanes) is 1. The Morgan fingerprint density at radius 1 is 0.881 bits per heavy atom. The highest BCUT2D eigenvalue weighted by atomic mass is 16.5. The van der Waals surface area contributed by atoms with Crippen molar-refractivity contribution in [3.8, 4) is 5.69 Å². The number of nitrogens with one attached hydrogen (secondary N) is 1. The normalized spacial score (nSPS) is 13.6. The quantitative estimate of drug-likeness (QED) is 0.229. The van der Waals surface area contributed by atoms with E-state index >= 15 is 0 Å². The molecule has 0 saturated heterocycles. The number of aryl methyl sites for hydroxylation is 1. The van der Waals surface area contributed by atoms with Gasteiger partial charge in [0.05, 0.1) is 29.2 Å². The zero-order valence-corrected chi connectivity index (χ0v) is 24.2. The van der Waals surface area contributed by atoms with E-state index in [0.29, 0.717) is 17.8 Å². The molecule has 8 heteroatoms. The molecular formula is C34H36N4O4. The number of anilines is 2. The molecule has 42 heavy (non-hydrogen) atoms. The van der Waals surface area contributed by atoms with Crippen molar-refractivity contribution in [1.82, 2.24) is 9.47 Å². The number of fused-ring (bicyclic) bond motifs is 3. The maximum Gasteiger partial charge on any atom is 0.338 e. The number of nitrogens with zero attached hydrogens (tertiary/aromatic N) is 3. The van der Waals surface area contributed by atoms with Gasteiger partial charge in [0.25, 0.3) is 0 Å². The molecule has 0 saturated carbocycles. The van der Waals surface area contributed by atoms with Crippen LogP contribution in [0, 0.1) is 6.92 Å². The topological polar surface area (TPSA) is 83.9 Å². The van der Waals surface area contributed by atoms with E-state index in [0.717, 1.165) is 41.0 Å². The van der Waals surface area contributed by atoms with Gasteiger partial charge in [0.2, 0.25) is 5.91 Å². The average molecular weight is 565 g/mol. The van der Waals surface area contributed by atoms with Crippen molar-refractivity contribution in [2.24, 2.45) is 0 Å². The van der Waals surface area contributed by atoms with Crippen LogP contribution in [0.1, 0.15) is 59.9 Å². The van der Waals surface area contributed by atoms with Crippen LogP contribution in [-0.2, 0) is 9.53 Å². The highest BCUT2D eigenvalue weighted by Gasteiger charge is 2.37. The number of amides is 3. The van der Waals surface area contributed by atoms with Crippen LogP contribution in [0.4, 0.5) is 16.2 Å². The summed E-state index contributed by atoms with van der Waals surface area (Å²) < 4.78 is 7.17. The molecule has 0 fully saturated rings. The highest BCUT2D eigenvalue weighted by Crippen LogP contribution is 2.42. The Labute approximate surface area is 246 Å². The van der Waals surface area contributed by atoms with Gasteiger partial charge in [-0.2, -0.15) is 0 Å². The molecule has 8 nitrogen and oxygen atoms in total. The van der Waals surface area contributed by atoms with Gasteiger partial charge >= 0.3 is 12.0 Å². The number of aromatic nitrogens is 1. The van der Waals surface area contributed by atoms with Crippen LogP contribution < -0.4 is 10.2 Å². The molecule has 216 valence electrons. The second-order valence-electron chi connectivity index (χ2n) is 10.4. The van der Waals surface area contributed by atoms with E-state index < -0.39 is 5.97 Å². The molecule has 1 unspecified atom stereocenters. The zero-order valence-electron chi connectivity index (χ0n) is 24.2. The van der Waals surface area contributed by atoms with Crippen molar-refractivity contribution < 1.29 is 19.1 Å². The van der Waals surface area contributed by atoms with Crippen molar-refractivity contribution in [3.05, 3.63) is 114 Å². The van der Waals surface area contributed by atoms with Gasteiger partial charge in [-0.3, -0.25) is 9.69 Å². The number of para-hydroxylation sites is 2. The van der Waals surface area contributed by atoms with Gasteiger partial charge < -0.3 is 19.5 Å². The average Bonchev–Trinajstić information content (AvgIpc) is 3.49. The van der Waals surface area contributed by atoms with E-state index in [9.17, 15) is 14.4 Å². The minimum absolute atomic E-state index is 0.0931. The second kappa shape index (κ2) is 12.8. The van der Waals surface area contributed by atoms with Gasteiger partial charge in [0, 0.05) is 18.4 Å². The Morgan fingerprint density at radius 2 is 1.60 bits per heavy atom. The van der Waals surface area contributed by atoms with E-state index in [-0.39, 0.29) is 31.1 Å². The van der Waals surface area contributed by atoms with Crippen LogP contribution in [-0.4, -0.2) is 47.1 Å². The summed E-state index contributed by atoms with van der Waals surface area (Å²) in [6, 6.07) is 26.0. The highest BCUT2D eigenvalue weighted by molar-refractivity contribution is 6.01. The third-order valence-electron chi connectivity index (χ3n) is 7.42. The molecule has 0 spiro atoms. The van der Waals surface area contributed by atoms with Gasteiger partial charge in [0.1, 0.15) is 12.6 Å². The predicted molar refractivity (Wildman–Crippen MR) is 164 cm³/mol. The van der Waals surface area contributed by atoms with Gasteiger partial charge in [-0.25, -0.2) is 9.59 Å². The van der Waals surface area contributed by atoms with Gasteiger partial charge in [-0.05, 0) is 74.4 Å². The number of ether oxygens (including phenoxy) is 1. The summed E-state index contributed by atoms with van der Waals surface area (Å²) in [4.78, 5) is 43.2. The van der Waals surface area contributed by atoms with Crippen molar-refractivity contribution in [2.45, 2.75) is 39.7 Å². The molecule has 1 aromatic heterocycles. The van der Waals surface area contributed by atoms with Crippen molar-refractivity contribution in [3.63, 3.8) is 0 Å². The van der Waals surface area contributed by atoms with Crippen molar-refractivity contribution in [1.29, 1.82) is 0 Å². The lowest BCUT2D eigenvalue weighted by molar-refractivity contribution is -0.119. The second-order valence-corrected chi connectivity index (χ2v) is 10.4. The monoisotopic (exact) mass is 564 g/mol. The number of hydrogen-bond acceptors (Lipinski definition) is 4. The molecule has 0 aliphatic carbocycles. The summed E-state index contributed by atoms with van der Waals surface area (Å²) in [5, 5.41) is 2.90. The third kappa shape index (κ3) is 5.93. The SMILES string of the molecule is CCCCN(CC(=O)N1c2ccccc2-n2cccc2C1c1ccc(C)cc1)C(=O)Nc1ccc(C(=O)OCC)cc1. The van der Waals surface area contributed by atoms with E-state index in [1.807, 2.05) is 54.4 Å². The molecule has 1 aliphatic heterocycles. The smallest absolute Gasteiger partial charge is 0.338 e. The lowest BCUT2D eigenvalue weighted by Gasteiger charge is -2.39. The lowest BCUT2D eigenvalue weighted by atomic mass is 9.97. The maximum atomic E-state index is 14.3. The van der Waals surface area contributed by atoms with E-state index in [2.05, 4.69) is 41.1 Å². The lowest BCUT2D eigenvalue weighted by Crippen LogP contribution is -2.48. The Kier molecular flexibility index (Phi) is 8.71. The summed E-state index contributed by atoms with van der Waals surface area (Å²) in [6.45, 7) is 6.46. The van der Waals surface area contributed by atoms with E-state index in [1.54, 1.807) is 36.1 Å². The molecule has 0 bridgehead atoms. The molecule has 3 aromatic carbocycles. The summed E-state index contributed by atoms with van der Waals surface area (Å²) in [7, 11) is 0. The Bertz CT molecular complexity index is 1560. The standard InChI is InChI=1S/C34H36N4O4/c1-4-6-21-36(34(41)35-27-19-17-26(18-20-27)33(40)42-5-2)23-31(39)38-29-11-8-7-10-28(29)37-22-9-12-30(37)32(38)25-15-13-24(3)14-16-25/h7-20,22,32H,4-6,21,23H2,1-3H3,(H,35,41). The molecule has 1 atom stereocenters. The first kappa shape index (κ1) is 28.7. The molecule has 3 amide bonds. The summed E-state index contributed by atoms with van der Waals surface area (Å²) >= 11 is 0. The number of urea groups is 1. The van der Waals surface area contributed by atoms with Crippen LogP contribution in [0.25, 0.3) is 5.69 Å². The third-order valence-corrected chi connectivity index (χ3v) is 7.42. The molecule has 1 aliphatic rings. The van der Waals surface area contributed by atoms with Crippen LogP contribution >= 0.6 is 0 Å².